The second-order valence-corrected chi connectivity index (χ2v) is 6.43. The number of hydroxylamine groups is 1. The van der Waals surface area contributed by atoms with Crippen LogP contribution in [0.4, 0.5) is 0 Å². The largest absolute Gasteiger partial charge is 0.496 e. The van der Waals surface area contributed by atoms with Gasteiger partial charge in [0.1, 0.15) is 5.75 Å². The Labute approximate surface area is 152 Å². The van der Waals surface area contributed by atoms with Crippen LogP contribution in [0.15, 0.2) is 43.1 Å². The van der Waals surface area contributed by atoms with Crippen LogP contribution in [-0.4, -0.2) is 22.8 Å². The highest BCUT2D eigenvalue weighted by Crippen LogP contribution is 2.32. The molecule has 2 N–H and O–H groups in total. The molecule has 26 heavy (non-hydrogen) atoms. The van der Waals surface area contributed by atoms with Crippen molar-refractivity contribution in [2.24, 2.45) is 7.05 Å². The van der Waals surface area contributed by atoms with Crippen molar-refractivity contribution < 1.29 is 14.7 Å². The van der Waals surface area contributed by atoms with Gasteiger partial charge in [-0.05, 0) is 59.9 Å². The lowest BCUT2D eigenvalue weighted by atomic mass is 9.94. The number of aryl methyl sites for hydroxylation is 2. The summed E-state index contributed by atoms with van der Waals surface area (Å²) in [6.07, 6.45) is 1.70. The number of hydrogen-bond donors (Lipinski definition) is 2. The first kappa shape index (κ1) is 17.8. The van der Waals surface area contributed by atoms with Crippen LogP contribution in [0.2, 0.25) is 0 Å². The standard InChI is InChI=1S/C21H22N2O3/c1-12-8-16(10-20(26-5)13(12)2)14(3)15-6-7-19-17(9-15)18(11-23(19)4)21(24)22-25/h6-11,25H,3H2,1-2,4-5H3,(H,22,24). The van der Waals surface area contributed by atoms with Crippen molar-refractivity contribution in [3.05, 3.63) is 70.9 Å². The molecule has 134 valence electrons. The van der Waals surface area contributed by atoms with Crippen molar-refractivity contribution in [2.75, 3.05) is 7.11 Å². The molecule has 5 heteroatoms. The topological polar surface area (TPSA) is 63.5 Å². The molecule has 0 bridgehead atoms. The Morgan fingerprint density at radius 1 is 1.19 bits per heavy atom. The molecule has 5 nitrogen and oxygen atoms in total. The van der Waals surface area contributed by atoms with E-state index in [-0.39, 0.29) is 0 Å². The van der Waals surface area contributed by atoms with Gasteiger partial charge in [0, 0.05) is 24.1 Å². The minimum atomic E-state index is -0.536. The lowest BCUT2D eigenvalue weighted by Crippen LogP contribution is -2.18. The van der Waals surface area contributed by atoms with Crippen molar-refractivity contribution in [1.82, 2.24) is 10.0 Å². The maximum Gasteiger partial charge on any atom is 0.276 e. The highest BCUT2D eigenvalue weighted by Gasteiger charge is 2.15. The van der Waals surface area contributed by atoms with E-state index >= 15 is 0 Å². The molecule has 0 aliphatic carbocycles. The minimum absolute atomic E-state index is 0.414. The predicted octanol–water partition coefficient (Wildman–Crippen LogP) is 3.98. The molecule has 0 aliphatic heterocycles. The molecular weight excluding hydrogens is 328 g/mol. The fourth-order valence-electron chi connectivity index (χ4n) is 3.20. The lowest BCUT2D eigenvalue weighted by molar-refractivity contribution is 0.0708. The Bertz CT molecular complexity index is 1030. The van der Waals surface area contributed by atoms with Gasteiger partial charge < -0.3 is 9.30 Å². The molecule has 2 aromatic carbocycles. The number of hydrogen-bond acceptors (Lipinski definition) is 3. The molecule has 1 amide bonds. The summed E-state index contributed by atoms with van der Waals surface area (Å²) in [5.74, 6) is 0.286. The van der Waals surface area contributed by atoms with Gasteiger partial charge in [0.15, 0.2) is 0 Å². The summed E-state index contributed by atoms with van der Waals surface area (Å²) in [6.45, 7) is 8.30. The van der Waals surface area contributed by atoms with Crippen LogP contribution >= 0.6 is 0 Å². The lowest BCUT2D eigenvalue weighted by Gasteiger charge is -2.13. The van der Waals surface area contributed by atoms with Gasteiger partial charge in [0.25, 0.3) is 5.91 Å². The molecule has 3 rings (SSSR count). The smallest absolute Gasteiger partial charge is 0.276 e. The second kappa shape index (κ2) is 6.69. The summed E-state index contributed by atoms with van der Waals surface area (Å²) >= 11 is 0. The van der Waals surface area contributed by atoms with E-state index in [1.54, 1.807) is 18.8 Å². The second-order valence-electron chi connectivity index (χ2n) is 6.43. The Morgan fingerprint density at radius 2 is 1.92 bits per heavy atom. The zero-order chi connectivity index (χ0) is 19.0. The number of ether oxygens (including phenoxy) is 1. The molecule has 1 heterocycles. The molecule has 0 radical (unpaired) electrons. The zero-order valence-corrected chi connectivity index (χ0v) is 15.4. The molecule has 3 aromatic rings. The van der Waals surface area contributed by atoms with E-state index < -0.39 is 5.91 Å². The first-order valence-electron chi connectivity index (χ1n) is 8.25. The van der Waals surface area contributed by atoms with E-state index in [2.05, 4.69) is 12.6 Å². The third-order valence-corrected chi connectivity index (χ3v) is 4.87. The van der Waals surface area contributed by atoms with Gasteiger partial charge in [-0.25, -0.2) is 5.48 Å². The average molecular weight is 350 g/mol. The van der Waals surface area contributed by atoms with Crippen LogP contribution in [0.1, 0.15) is 32.6 Å². The Morgan fingerprint density at radius 3 is 2.58 bits per heavy atom. The van der Waals surface area contributed by atoms with Crippen LogP contribution in [0.25, 0.3) is 16.5 Å². The zero-order valence-electron chi connectivity index (χ0n) is 15.4. The van der Waals surface area contributed by atoms with Crippen LogP contribution in [-0.2, 0) is 7.05 Å². The Hall–Kier alpha value is -3.05. The van der Waals surface area contributed by atoms with Crippen molar-refractivity contribution in [1.29, 1.82) is 0 Å². The summed E-state index contributed by atoms with van der Waals surface area (Å²) in [5, 5.41) is 9.75. The average Bonchev–Trinajstić information content (AvgIpc) is 2.98. The normalized spacial score (nSPS) is 10.8. The molecule has 0 saturated carbocycles. The van der Waals surface area contributed by atoms with Gasteiger partial charge in [-0.15, -0.1) is 0 Å². The van der Waals surface area contributed by atoms with Crippen molar-refractivity contribution >= 4 is 22.4 Å². The number of methoxy groups -OCH3 is 1. The quantitative estimate of drug-likeness (QED) is 0.552. The third kappa shape index (κ3) is 2.86. The number of fused-ring (bicyclic) bond motifs is 1. The highest BCUT2D eigenvalue weighted by molar-refractivity contribution is 6.07. The molecular formula is C21H22N2O3. The number of carbonyl (C=O) groups excluding carboxylic acids is 1. The van der Waals surface area contributed by atoms with Crippen LogP contribution in [0, 0.1) is 13.8 Å². The summed E-state index contributed by atoms with van der Waals surface area (Å²) in [6, 6.07) is 9.90. The van der Waals surface area contributed by atoms with Crippen LogP contribution in [0.5, 0.6) is 5.75 Å². The van der Waals surface area contributed by atoms with Gasteiger partial charge in [-0.1, -0.05) is 18.7 Å². The Balaban J connectivity index is 2.12. The minimum Gasteiger partial charge on any atom is -0.496 e. The van der Waals surface area contributed by atoms with E-state index in [1.807, 2.05) is 49.7 Å². The van der Waals surface area contributed by atoms with Gasteiger partial charge in [-0.3, -0.25) is 10.0 Å². The molecule has 0 spiro atoms. The fourth-order valence-corrected chi connectivity index (χ4v) is 3.20. The number of aromatic nitrogens is 1. The van der Waals surface area contributed by atoms with E-state index in [9.17, 15) is 4.79 Å². The third-order valence-electron chi connectivity index (χ3n) is 4.87. The number of benzene rings is 2. The van der Waals surface area contributed by atoms with E-state index in [0.29, 0.717) is 5.56 Å². The van der Waals surface area contributed by atoms with Gasteiger partial charge >= 0.3 is 0 Å². The fraction of sp³-hybridized carbons (Fsp3) is 0.190. The number of nitrogens with zero attached hydrogens (tertiary/aromatic N) is 1. The van der Waals surface area contributed by atoms with Crippen LogP contribution < -0.4 is 10.2 Å². The summed E-state index contributed by atoms with van der Waals surface area (Å²) in [5.41, 5.74) is 7.96. The molecule has 1 aromatic heterocycles. The first-order valence-corrected chi connectivity index (χ1v) is 8.25. The number of amides is 1. The van der Waals surface area contributed by atoms with E-state index in [0.717, 1.165) is 44.5 Å². The molecule has 0 atom stereocenters. The number of carbonyl (C=O) groups is 1. The summed E-state index contributed by atoms with van der Waals surface area (Å²) in [4.78, 5) is 11.9. The SMILES string of the molecule is C=C(c1cc(C)c(C)c(OC)c1)c1ccc2c(c1)c(C(=O)NO)cn2C. The van der Waals surface area contributed by atoms with Gasteiger partial charge in [-0.2, -0.15) is 0 Å². The Kier molecular flexibility index (Phi) is 4.57. The van der Waals surface area contributed by atoms with Gasteiger partial charge in [0.05, 0.1) is 12.7 Å². The number of rotatable bonds is 4. The van der Waals surface area contributed by atoms with E-state index in [4.69, 9.17) is 9.94 Å². The molecule has 0 aliphatic rings. The van der Waals surface area contributed by atoms with E-state index in [1.165, 1.54) is 0 Å². The van der Waals surface area contributed by atoms with Crippen molar-refractivity contribution in [3.8, 4) is 5.75 Å². The summed E-state index contributed by atoms with van der Waals surface area (Å²) in [7, 11) is 3.52. The summed E-state index contributed by atoms with van der Waals surface area (Å²) < 4.78 is 7.32. The molecule has 0 unspecified atom stereocenters. The molecule has 0 saturated heterocycles. The predicted molar refractivity (Wildman–Crippen MR) is 103 cm³/mol. The van der Waals surface area contributed by atoms with Crippen molar-refractivity contribution in [2.45, 2.75) is 13.8 Å². The molecule has 0 fully saturated rings. The number of nitrogens with one attached hydrogen (secondary N) is 1. The maximum absolute atomic E-state index is 11.9. The van der Waals surface area contributed by atoms with Crippen LogP contribution in [0.3, 0.4) is 0 Å². The van der Waals surface area contributed by atoms with Gasteiger partial charge in [0.2, 0.25) is 0 Å². The monoisotopic (exact) mass is 350 g/mol. The highest BCUT2D eigenvalue weighted by atomic mass is 16.5. The maximum atomic E-state index is 11.9. The van der Waals surface area contributed by atoms with Crippen molar-refractivity contribution in [3.63, 3.8) is 0 Å². The first-order chi connectivity index (χ1) is 12.4.